The highest BCUT2D eigenvalue weighted by atomic mass is 19.4. The lowest BCUT2D eigenvalue weighted by molar-refractivity contribution is -0.274. The molecule has 1 fully saturated rings. The van der Waals surface area contributed by atoms with Gasteiger partial charge >= 0.3 is 6.36 Å². The number of alkyl halides is 3. The van der Waals surface area contributed by atoms with Gasteiger partial charge in [0.1, 0.15) is 5.75 Å². The van der Waals surface area contributed by atoms with Crippen LogP contribution in [0.4, 0.5) is 18.9 Å². The Morgan fingerprint density at radius 1 is 1.35 bits per heavy atom. The van der Waals surface area contributed by atoms with E-state index in [1.54, 1.807) is 6.07 Å². The maximum Gasteiger partial charge on any atom is 0.573 e. The van der Waals surface area contributed by atoms with Gasteiger partial charge in [0, 0.05) is 30.8 Å². The molecule has 1 atom stereocenters. The van der Waals surface area contributed by atoms with Gasteiger partial charge in [-0.3, -0.25) is 4.79 Å². The van der Waals surface area contributed by atoms with Gasteiger partial charge in [0.05, 0.1) is 0 Å². The molecule has 1 aromatic rings. The molecule has 1 aliphatic rings. The normalized spacial score (nSPS) is 19.9. The molecule has 20 heavy (non-hydrogen) atoms. The molecule has 7 heteroatoms. The summed E-state index contributed by atoms with van der Waals surface area (Å²) in [6.45, 7) is 0.633. The molecule has 4 nitrogen and oxygen atoms in total. The summed E-state index contributed by atoms with van der Waals surface area (Å²) in [7, 11) is 0. The molecule has 1 saturated heterocycles. The second-order valence-electron chi connectivity index (χ2n) is 4.61. The largest absolute Gasteiger partial charge is 0.573 e. The molecule has 110 valence electrons. The van der Waals surface area contributed by atoms with Crippen molar-refractivity contribution in [3.8, 4) is 5.75 Å². The number of ether oxygens (including phenoxy) is 1. The van der Waals surface area contributed by atoms with Crippen LogP contribution in [-0.2, 0) is 4.79 Å². The Kier molecular flexibility index (Phi) is 4.36. The molecule has 2 rings (SSSR count). The quantitative estimate of drug-likeness (QED) is 0.899. The fraction of sp³-hybridized carbons (Fsp3) is 0.462. The summed E-state index contributed by atoms with van der Waals surface area (Å²) in [6, 6.07) is 5.54. The van der Waals surface area contributed by atoms with Crippen molar-refractivity contribution >= 4 is 11.6 Å². The summed E-state index contributed by atoms with van der Waals surface area (Å²) in [6.07, 6.45) is -2.78. The van der Waals surface area contributed by atoms with Crippen LogP contribution >= 0.6 is 0 Å². The van der Waals surface area contributed by atoms with Gasteiger partial charge in [-0.1, -0.05) is 6.07 Å². The Morgan fingerprint density at radius 2 is 2.15 bits per heavy atom. The molecule has 0 bridgehead atoms. The lowest BCUT2D eigenvalue weighted by Gasteiger charge is -2.17. The summed E-state index contributed by atoms with van der Waals surface area (Å²) in [4.78, 5) is 11.4. The van der Waals surface area contributed by atoms with Crippen molar-refractivity contribution in [3.05, 3.63) is 24.3 Å². The molecule has 1 aromatic carbocycles. The molecule has 0 radical (unpaired) electrons. The van der Waals surface area contributed by atoms with Crippen molar-refractivity contribution in [3.63, 3.8) is 0 Å². The molecule has 1 amide bonds. The van der Waals surface area contributed by atoms with E-state index in [0.29, 0.717) is 18.7 Å². The summed E-state index contributed by atoms with van der Waals surface area (Å²) < 4.78 is 40.3. The van der Waals surface area contributed by atoms with Crippen LogP contribution in [0.5, 0.6) is 5.75 Å². The second kappa shape index (κ2) is 6.02. The number of amides is 1. The van der Waals surface area contributed by atoms with Gasteiger partial charge in [-0.05, 0) is 25.0 Å². The maximum absolute atomic E-state index is 12.1. The number of nitrogens with one attached hydrogen (secondary N) is 2. The van der Waals surface area contributed by atoms with E-state index in [2.05, 4.69) is 15.4 Å². The van der Waals surface area contributed by atoms with E-state index in [0.717, 1.165) is 12.8 Å². The minimum atomic E-state index is -4.71. The molecular formula is C13H15F3N2O2. The first kappa shape index (κ1) is 14.5. The summed E-state index contributed by atoms with van der Waals surface area (Å²) in [5, 5.41) is 5.82. The zero-order chi connectivity index (χ0) is 14.6. The minimum absolute atomic E-state index is 0.0531. The Labute approximate surface area is 114 Å². The first-order chi connectivity index (χ1) is 9.42. The van der Waals surface area contributed by atoms with Gasteiger partial charge in [0.25, 0.3) is 0 Å². The van der Waals surface area contributed by atoms with Gasteiger partial charge < -0.3 is 15.4 Å². The van der Waals surface area contributed by atoms with Crippen LogP contribution in [0.15, 0.2) is 24.3 Å². The molecule has 1 aliphatic heterocycles. The Morgan fingerprint density at radius 3 is 2.90 bits per heavy atom. The molecule has 0 aromatic heterocycles. The highest BCUT2D eigenvalue weighted by molar-refractivity contribution is 5.77. The lowest BCUT2D eigenvalue weighted by atomic mass is 10.1. The van der Waals surface area contributed by atoms with Crippen LogP contribution in [0.25, 0.3) is 0 Å². The van der Waals surface area contributed by atoms with Gasteiger partial charge in [0.2, 0.25) is 5.91 Å². The van der Waals surface area contributed by atoms with E-state index in [-0.39, 0.29) is 17.7 Å². The van der Waals surface area contributed by atoms with Gasteiger partial charge in [-0.15, -0.1) is 13.2 Å². The van der Waals surface area contributed by atoms with E-state index in [9.17, 15) is 18.0 Å². The highest BCUT2D eigenvalue weighted by Gasteiger charge is 2.31. The number of carbonyl (C=O) groups is 1. The second-order valence-corrected chi connectivity index (χ2v) is 4.61. The number of hydrogen-bond acceptors (Lipinski definition) is 3. The molecule has 0 saturated carbocycles. The molecule has 0 spiro atoms. The minimum Gasteiger partial charge on any atom is -0.406 e. The topological polar surface area (TPSA) is 50.4 Å². The SMILES string of the molecule is O=C1CC(Nc2cccc(OC(F)(F)F)c2)CCCN1. The van der Waals surface area contributed by atoms with E-state index in [4.69, 9.17) is 0 Å². The highest BCUT2D eigenvalue weighted by Crippen LogP contribution is 2.26. The number of anilines is 1. The van der Waals surface area contributed by atoms with Crippen LogP contribution in [0.2, 0.25) is 0 Å². The van der Waals surface area contributed by atoms with Crippen LogP contribution in [-0.4, -0.2) is 24.9 Å². The fourth-order valence-electron chi connectivity index (χ4n) is 2.12. The van der Waals surface area contributed by atoms with E-state index in [1.165, 1.54) is 18.2 Å². The zero-order valence-corrected chi connectivity index (χ0v) is 10.7. The number of halogens is 3. The maximum atomic E-state index is 12.1. The number of benzene rings is 1. The monoisotopic (exact) mass is 288 g/mol. The third kappa shape index (κ3) is 4.64. The number of carbonyl (C=O) groups excluding carboxylic acids is 1. The first-order valence-electron chi connectivity index (χ1n) is 6.31. The van der Waals surface area contributed by atoms with Crippen molar-refractivity contribution in [2.45, 2.75) is 31.7 Å². The summed E-state index contributed by atoms with van der Waals surface area (Å²) in [5.74, 6) is -0.330. The van der Waals surface area contributed by atoms with Crippen molar-refractivity contribution < 1.29 is 22.7 Å². The van der Waals surface area contributed by atoms with Gasteiger partial charge in [0.15, 0.2) is 0 Å². The van der Waals surface area contributed by atoms with E-state index in [1.807, 2.05) is 0 Å². The lowest BCUT2D eigenvalue weighted by Crippen LogP contribution is -2.26. The number of rotatable bonds is 3. The number of hydrogen-bond donors (Lipinski definition) is 2. The summed E-state index contributed by atoms with van der Waals surface area (Å²) in [5.41, 5.74) is 0.506. The summed E-state index contributed by atoms with van der Waals surface area (Å²) >= 11 is 0. The first-order valence-corrected chi connectivity index (χ1v) is 6.31. The standard InChI is InChI=1S/C13H15F3N2O2/c14-13(15,16)20-11-5-1-3-9(7-11)18-10-4-2-6-17-12(19)8-10/h1,3,5,7,10,18H,2,4,6,8H2,(H,17,19). The van der Waals surface area contributed by atoms with Crippen molar-refractivity contribution in [1.82, 2.24) is 5.32 Å². The Balaban J connectivity index is 2.01. The Hall–Kier alpha value is -1.92. The van der Waals surface area contributed by atoms with Crippen LogP contribution < -0.4 is 15.4 Å². The van der Waals surface area contributed by atoms with Crippen molar-refractivity contribution in [1.29, 1.82) is 0 Å². The van der Waals surface area contributed by atoms with Crippen LogP contribution in [0, 0.1) is 0 Å². The zero-order valence-electron chi connectivity index (χ0n) is 10.7. The average molecular weight is 288 g/mol. The molecule has 1 heterocycles. The average Bonchev–Trinajstić information content (AvgIpc) is 2.52. The van der Waals surface area contributed by atoms with E-state index >= 15 is 0 Å². The van der Waals surface area contributed by atoms with Gasteiger partial charge in [-0.2, -0.15) is 0 Å². The van der Waals surface area contributed by atoms with Crippen LogP contribution in [0.3, 0.4) is 0 Å². The van der Waals surface area contributed by atoms with E-state index < -0.39 is 6.36 Å². The third-order valence-corrected chi connectivity index (χ3v) is 2.92. The third-order valence-electron chi connectivity index (χ3n) is 2.92. The predicted molar refractivity (Wildman–Crippen MR) is 67.4 cm³/mol. The Bertz CT molecular complexity index is 477. The molecule has 0 aliphatic carbocycles. The van der Waals surface area contributed by atoms with Gasteiger partial charge in [-0.25, -0.2) is 0 Å². The smallest absolute Gasteiger partial charge is 0.406 e. The van der Waals surface area contributed by atoms with Crippen molar-refractivity contribution in [2.24, 2.45) is 0 Å². The molecule has 1 unspecified atom stereocenters. The molecule has 2 N–H and O–H groups in total. The molecular weight excluding hydrogens is 273 g/mol. The van der Waals surface area contributed by atoms with Crippen LogP contribution in [0.1, 0.15) is 19.3 Å². The predicted octanol–water partition coefficient (Wildman–Crippen LogP) is 2.67. The fourth-order valence-corrected chi connectivity index (χ4v) is 2.12. The van der Waals surface area contributed by atoms with Crippen molar-refractivity contribution in [2.75, 3.05) is 11.9 Å².